The van der Waals surface area contributed by atoms with Crippen LogP contribution in [-0.2, 0) is 14.3 Å². The zero-order valence-electron chi connectivity index (χ0n) is 20.2. The second kappa shape index (κ2) is 11.2. The third-order valence-electron chi connectivity index (χ3n) is 5.70. The largest absolute Gasteiger partial charge is 0.490 e. The van der Waals surface area contributed by atoms with Gasteiger partial charge >= 0.3 is 18.1 Å². The summed E-state index contributed by atoms with van der Waals surface area (Å²) in [6, 6.07) is 5.62. The van der Waals surface area contributed by atoms with Crippen molar-refractivity contribution in [2.24, 2.45) is 5.92 Å². The number of ether oxygens (including phenoxy) is 1. The Balaban J connectivity index is 0.000000479. The molecular formula is C24H24F3N5O5. The van der Waals surface area contributed by atoms with Crippen molar-refractivity contribution in [3.05, 3.63) is 53.7 Å². The fraction of sp³-hybridized carbons (Fsp3) is 0.333. The lowest BCUT2D eigenvalue weighted by Crippen LogP contribution is -2.30. The summed E-state index contributed by atoms with van der Waals surface area (Å²) in [5, 5.41) is 7.12. The maximum Gasteiger partial charge on any atom is 0.490 e. The molecule has 4 rings (SSSR count). The molecule has 1 unspecified atom stereocenters. The first-order valence-corrected chi connectivity index (χ1v) is 11.0. The van der Waals surface area contributed by atoms with Crippen molar-refractivity contribution in [2.75, 3.05) is 20.2 Å². The smallest absolute Gasteiger partial charge is 0.475 e. The Labute approximate surface area is 209 Å². The van der Waals surface area contributed by atoms with Gasteiger partial charge in [-0.15, -0.1) is 0 Å². The number of carboxylic acids is 1. The number of halogens is 3. The summed E-state index contributed by atoms with van der Waals surface area (Å²) in [7, 11) is 1.37. The average molecular weight is 519 g/mol. The van der Waals surface area contributed by atoms with E-state index in [4.69, 9.17) is 14.6 Å². The van der Waals surface area contributed by atoms with Gasteiger partial charge in [-0.2, -0.15) is 13.2 Å². The summed E-state index contributed by atoms with van der Waals surface area (Å²) in [5.41, 5.74) is 4.85. The number of aliphatic carboxylic acids is 1. The van der Waals surface area contributed by atoms with Gasteiger partial charge in [-0.1, -0.05) is 0 Å². The molecule has 10 nitrogen and oxygen atoms in total. The lowest BCUT2D eigenvalue weighted by atomic mass is 10.1. The lowest BCUT2D eigenvalue weighted by molar-refractivity contribution is -0.192. The fourth-order valence-corrected chi connectivity index (χ4v) is 3.61. The molecule has 2 N–H and O–H groups in total. The molecule has 0 spiro atoms. The first-order chi connectivity index (χ1) is 17.4. The molecule has 1 atom stereocenters. The third kappa shape index (κ3) is 6.68. The summed E-state index contributed by atoms with van der Waals surface area (Å²) in [4.78, 5) is 51.7. The molecule has 0 aromatic carbocycles. The van der Waals surface area contributed by atoms with E-state index in [1.54, 1.807) is 23.5 Å². The number of hydrogen-bond acceptors (Lipinski definition) is 7. The van der Waals surface area contributed by atoms with Crippen LogP contribution >= 0.6 is 0 Å². The number of alkyl halides is 3. The fourth-order valence-electron chi connectivity index (χ4n) is 3.61. The van der Waals surface area contributed by atoms with Gasteiger partial charge in [-0.3, -0.25) is 19.6 Å². The van der Waals surface area contributed by atoms with Crippen molar-refractivity contribution in [1.82, 2.24) is 24.8 Å². The minimum Gasteiger partial charge on any atom is -0.475 e. The highest BCUT2D eigenvalue weighted by Crippen LogP contribution is 2.25. The molecule has 0 aliphatic carbocycles. The molecule has 196 valence electrons. The van der Waals surface area contributed by atoms with Crippen molar-refractivity contribution in [3.63, 3.8) is 0 Å². The molecule has 1 saturated heterocycles. The molecule has 1 aliphatic rings. The van der Waals surface area contributed by atoms with E-state index in [0.29, 0.717) is 30.9 Å². The van der Waals surface area contributed by atoms with Gasteiger partial charge in [-0.05, 0) is 44.0 Å². The molecule has 13 heteroatoms. The first-order valence-electron chi connectivity index (χ1n) is 11.0. The standard InChI is InChI=1S/C22H23N5O3.C2HF3O2/c1-13-14(2)26-20(25-13)19-9-15(4-6-24-19)17-8-18(11-23-10-17)21(28)27-7-5-16(12-27)22(29)30-3;3-2(4,5)1(6)7/h4,6,8-11,16H,5,7,12H2,1-3H3,(H,25,26);(H,6,7). The van der Waals surface area contributed by atoms with Gasteiger partial charge in [-0.25, -0.2) is 9.78 Å². The highest BCUT2D eigenvalue weighted by Gasteiger charge is 2.38. The highest BCUT2D eigenvalue weighted by atomic mass is 19.4. The monoisotopic (exact) mass is 519 g/mol. The molecule has 1 fully saturated rings. The van der Waals surface area contributed by atoms with Crippen LogP contribution in [0.15, 0.2) is 36.8 Å². The number of nitrogens with one attached hydrogen (secondary N) is 1. The second-order valence-corrected chi connectivity index (χ2v) is 8.25. The van der Waals surface area contributed by atoms with Crippen LogP contribution < -0.4 is 0 Å². The normalized spacial score (nSPS) is 15.1. The molecule has 0 saturated carbocycles. The Kier molecular flexibility index (Phi) is 8.25. The number of hydrogen-bond donors (Lipinski definition) is 2. The molecule has 0 bridgehead atoms. The van der Waals surface area contributed by atoms with E-state index in [1.165, 1.54) is 7.11 Å². The van der Waals surface area contributed by atoms with Crippen LogP contribution in [0.4, 0.5) is 13.2 Å². The van der Waals surface area contributed by atoms with Crippen LogP contribution in [0, 0.1) is 19.8 Å². The predicted molar refractivity (Wildman–Crippen MR) is 124 cm³/mol. The number of H-pyrrole nitrogens is 1. The van der Waals surface area contributed by atoms with E-state index in [2.05, 4.69) is 19.9 Å². The lowest BCUT2D eigenvalue weighted by Gasteiger charge is -2.16. The number of carbonyl (C=O) groups excluding carboxylic acids is 2. The van der Waals surface area contributed by atoms with Crippen LogP contribution in [-0.4, -0.2) is 74.2 Å². The maximum absolute atomic E-state index is 12.9. The number of likely N-dealkylation sites (tertiary alicyclic amines) is 1. The van der Waals surface area contributed by atoms with Crippen LogP contribution in [0.5, 0.6) is 0 Å². The summed E-state index contributed by atoms with van der Waals surface area (Å²) < 4.78 is 36.5. The number of methoxy groups -OCH3 is 1. The van der Waals surface area contributed by atoms with Crippen molar-refractivity contribution in [3.8, 4) is 22.6 Å². The Hall–Kier alpha value is -4.29. The SMILES string of the molecule is COC(=O)C1CCN(C(=O)c2cncc(-c3ccnc(-c4nc(C)c(C)[nH]4)c3)c2)C1.O=C(O)C(F)(F)F. The third-order valence-corrected chi connectivity index (χ3v) is 5.70. The number of amides is 1. The molecule has 0 radical (unpaired) electrons. The second-order valence-electron chi connectivity index (χ2n) is 8.25. The molecule has 37 heavy (non-hydrogen) atoms. The van der Waals surface area contributed by atoms with Crippen LogP contribution in [0.1, 0.15) is 28.2 Å². The van der Waals surface area contributed by atoms with Crippen LogP contribution in [0.3, 0.4) is 0 Å². The molecule has 3 aromatic rings. The number of pyridine rings is 2. The number of imidazole rings is 1. The molecule has 1 aliphatic heterocycles. The van der Waals surface area contributed by atoms with Crippen molar-refractivity contribution >= 4 is 17.8 Å². The summed E-state index contributed by atoms with van der Waals surface area (Å²) in [5.74, 6) is -2.73. The van der Waals surface area contributed by atoms with E-state index in [9.17, 15) is 22.8 Å². The zero-order chi connectivity index (χ0) is 27.3. The molecule has 4 heterocycles. The van der Waals surface area contributed by atoms with Gasteiger partial charge < -0.3 is 19.7 Å². The highest BCUT2D eigenvalue weighted by molar-refractivity contribution is 5.95. The van der Waals surface area contributed by atoms with Crippen molar-refractivity contribution < 1.29 is 37.4 Å². The average Bonchev–Trinajstić information content (AvgIpc) is 3.50. The number of aromatic nitrogens is 4. The van der Waals surface area contributed by atoms with Gasteiger partial charge in [0.25, 0.3) is 5.91 Å². The summed E-state index contributed by atoms with van der Waals surface area (Å²) in [6.07, 6.45) is 0.517. The number of carbonyl (C=O) groups is 3. The number of esters is 1. The zero-order valence-corrected chi connectivity index (χ0v) is 20.2. The van der Waals surface area contributed by atoms with Crippen molar-refractivity contribution in [2.45, 2.75) is 26.4 Å². The Morgan fingerprint density at radius 2 is 1.86 bits per heavy atom. The number of aromatic amines is 1. The predicted octanol–water partition coefficient (Wildman–Crippen LogP) is 3.42. The number of nitrogens with zero attached hydrogens (tertiary/aromatic N) is 4. The van der Waals surface area contributed by atoms with E-state index in [1.807, 2.05) is 32.0 Å². The molecule has 3 aromatic heterocycles. The topological polar surface area (TPSA) is 138 Å². The van der Waals surface area contributed by atoms with E-state index < -0.39 is 12.1 Å². The van der Waals surface area contributed by atoms with Crippen molar-refractivity contribution in [1.29, 1.82) is 0 Å². The van der Waals surface area contributed by atoms with E-state index >= 15 is 0 Å². The van der Waals surface area contributed by atoms with E-state index in [0.717, 1.165) is 28.2 Å². The van der Waals surface area contributed by atoms with Gasteiger partial charge in [0.15, 0.2) is 5.82 Å². The van der Waals surface area contributed by atoms with Gasteiger partial charge in [0.2, 0.25) is 0 Å². The number of carboxylic acid groups (broad SMARTS) is 1. The van der Waals surface area contributed by atoms with Gasteiger partial charge in [0.05, 0.1) is 24.3 Å². The minimum absolute atomic E-state index is 0.137. The number of rotatable bonds is 4. The summed E-state index contributed by atoms with van der Waals surface area (Å²) >= 11 is 0. The molecular weight excluding hydrogens is 495 g/mol. The Bertz CT molecular complexity index is 1290. The number of aryl methyl sites for hydroxylation is 2. The quantitative estimate of drug-likeness (QED) is 0.500. The Morgan fingerprint density at radius 3 is 2.46 bits per heavy atom. The van der Waals surface area contributed by atoms with Crippen LogP contribution in [0.25, 0.3) is 22.6 Å². The van der Waals surface area contributed by atoms with Gasteiger partial charge in [0, 0.05) is 42.9 Å². The van der Waals surface area contributed by atoms with E-state index in [-0.39, 0.29) is 17.8 Å². The maximum atomic E-state index is 12.9. The first kappa shape index (κ1) is 27.3. The Morgan fingerprint density at radius 1 is 1.16 bits per heavy atom. The summed E-state index contributed by atoms with van der Waals surface area (Å²) in [6.45, 7) is 4.81. The van der Waals surface area contributed by atoms with Crippen LogP contribution in [0.2, 0.25) is 0 Å². The molecule has 1 amide bonds. The minimum atomic E-state index is -5.08. The van der Waals surface area contributed by atoms with Gasteiger partial charge in [0.1, 0.15) is 5.69 Å².